The van der Waals surface area contributed by atoms with E-state index in [0.29, 0.717) is 29.1 Å². The quantitative estimate of drug-likeness (QED) is 0.630. The van der Waals surface area contributed by atoms with Crippen molar-refractivity contribution in [3.8, 4) is 0 Å². The molecule has 1 aromatic rings. The van der Waals surface area contributed by atoms with Gasteiger partial charge >= 0.3 is 0 Å². The molecule has 21 heavy (non-hydrogen) atoms. The monoisotopic (exact) mass is 329 g/mol. The molecular weight excluding hydrogens is 302 g/mol. The summed E-state index contributed by atoms with van der Waals surface area (Å²) in [4.78, 5) is 13.6. The van der Waals surface area contributed by atoms with Crippen molar-refractivity contribution < 1.29 is 4.79 Å². The molecule has 1 amide bonds. The number of nitrogens with two attached hydrogens (primary N) is 1. The van der Waals surface area contributed by atoms with E-state index in [-0.39, 0.29) is 5.91 Å². The fraction of sp³-hybridized carbons (Fsp3) is 0.667. The Hall–Kier alpha value is -0.880. The molecule has 0 aliphatic carbocycles. The van der Waals surface area contributed by atoms with Gasteiger partial charge in [-0.3, -0.25) is 4.79 Å². The highest BCUT2D eigenvalue weighted by Gasteiger charge is 2.21. The molecule has 0 saturated carbocycles. The second-order valence-corrected chi connectivity index (χ2v) is 7.20. The van der Waals surface area contributed by atoms with Crippen LogP contribution >= 0.6 is 23.1 Å². The van der Waals surface area contributed by atoms with Crippen LogP contribution in [-0.4, -0.2) is 24.7 Å². The van der Waals surface area contributed by atoms with Gasteiger partial charge in [0.15, 0.2) is 0 Å². The summed E-state index contributed by atoms with van der Waals surface area (Å²) < 4.78 is 0. The lowest BCUT2D eigenvalue weighted by molar-refractivity contribution is 0.0960. The van der Waals surface area contributed by atoms with Gasteiger partial charge in [-0.25, -0.2) is 0 Å². The van der Waals surface area contributed by atoms with E-state index < -0.39 is 0 Å². The number of thiophene rings is 1. The lowest BCUT2D eigenvalue weighted by atomic mass is 10.0. The molecule has 2 atom stereocenters. The summed E-state index contributed by atoms with van der Waals surface area (Å²) in [7, 11) is 0. The molecule has 0 aliphatic heterocycles. The van der Waals surface area contributed by atoms with Gasteiger partial charge in [0, 0.05) is 12.6 Å². The molecule has 0 spiro atoms. The minimum absolute atomic E-state index is 0.0853. The van der Waals surface area contributed by atoms with Crippen LogP contribution in [0.1, 0.15) is 50.2 Å². The zero-order valence-corrected chi connectivity index (χ0v) is 15.2. The van der Waals surface area contributed by atoms with Gasteiger partial charge in [0.2, 0.25) is 0 Å². The predicted molar refractivity (Wildman–Crippen MR) is 95.7 cm³/mol. The molecule has 1 heterocycles. The summed E-state index contributed by atoms with van der Waals surface area (Å²) in [6.07, 6.45) is 4.28. The van der Waals surface area contributed by atoms with E-state index in [9.17, 15) is 4.79 Å². The average molecular weight is 330 g/mol. The molecule has 0 fully saturated rings. The highest BCUT2D eigenvalue weighted by atomic mass is 32.2. The summed E-state index contributed by atoms with van der Waals surface area (Å²) in [6, 6.07) is 0.367. The van der Waals surface area contributed by atoms with Gasteiger partial charge in [0.05, 0.1) is 10.6 Å². The zero-order valence-electron chi connectivity index (χ0n) is 13.6. The van der Waals surface area contributed by atoms with Crippen LogP contribution in [0, 0.1) is 5.92 Å². The normalized spacial score (nSPS) is 13.8. The summed E-state index contributed by atoms with van der Waals surface area (Å²) in [5, 5.41) is 7.35. The Labute approximate surface area is 136 Å². The summed E-state index contributed by atoms with van der Waals surface area (Å²) in [6.45, 7) is 9.16. The Morgan fingerprint density at radius 3 is 2.57 bits per heavy atom. The van der Waals surface area contributed by atoms with Crippen molar-refractivity contribution in [2.75, 3.05) is 23.9 Å². The van der Waals surface area contributed by atoms with E-state index in [1.165, 1.54) is 17.8 Å². The van der Waals surface area contributed by atoms with Gasteiger partial charge in [-0.2, -0.15) is 0 Å². The Morgan fingerprint density at radius 1 is 1.38 bits per heavy atom. The molecule has 1 aromatic heterocycles. The van der Waals surface area contributed by atoms with Crippen LogP contribution in [0.2, 0.25) is 0 Å². The number of nitrogens with one attached hydrogen (secondary N) is 2. The van der Waals surface area contributed by atoms with Crippen LogP contribution in [0.15, 0.2) is 4.90 Å². The third kappa shape index (κ3) is 4.81. The molecule has 6 heteroatoms. The van der Waals surface area contributed by atoms with Crippen molar-refractivity contribution in [3.05, 3.63) is 4.88 Å². The maximum atomic E-state index is 12.0. The minimum Gasteiger partial charge on any atom is -0.396 e. The molecule has 0 aromatic carbocycles. The molecule has 0 saturated heterocycles. The van der Waals surface area contributed by atoms with Crippen LogP contribution in [-0.2, 0) is 0 Å². The SMILES string of the molecule is CCNC(=O)c1sc(NC(C)CC(C)CC)c(SC)c1N. The second-order valence-electron chi connectivity index (χ2n) is 5.36. The maximum absolute atomic E-state index is 12.0. The lowest BCUT2D eigenvalue weighted by Gasteiger charge is -2.18. The number of amides is 1. The summed E-state index contributed by atoms with van der Waals surface area (Å²) in [5.41, 5.74) is 6.73. The zero-order chi connectivity index (χ0) is 16.0. The van der Waals surface area contributed by atoms with Crippen molar-refractivity contribution in [2.45, 2.75) is 51.5 Å². The molecular formula is C15H27N3OS2. The van der Waals surface area contributed by atoms with Crippen LogP contribution in [0.3, 0.4) is 0 Å². The highest BCUT2D eigenvalue weighted by molar-refractivity contribution is 7.99. The first-order chi connectivity index (χ1) is 9.94. The van der Waals surface area contributed by atoms with Gasteiger partial charge in [0.25, 0.3) is 5.91 Å². The van der Waals surface area contributed by atoms with Crippen molar-refractivity contribution in [1.29, 1.82) is 0 Å². The summed E-state index contributed by atoms with van der Waals surface area (Å²) >= 11 is 3.04. The summed E-state index contributed by atoms with van der Waals surface area (Å²) in [5.74, 6) is 0.600. The maximum Gasteiger partial charge on any atom is 0.263 e. The third-order valence-electron chi connectivity index (χ3n) is 3.48. The Morgan fingerprint density at radius 2 is 2.05 bits per heavy atom. The fourth-order valence-corrected chi connectivity index (χ4v) is 4.24. The molecule has 0 radical (unpaired) electrons. The van der Waals surface area contributed by atoms with Gasteiger partial charge in [-0.1, -0.05) is 20.3 Å². The highest BCUT2D eigenvalue weighted by Crippen LogP contribution is 2.42. The second kappa shape index (κ2) is 8.54. The number of anilines is 2. The number of rotatable bonds is 8. The molecule has 0 bridgehead atoms. The first kappa shape index (κ1) is 18.2. The number of carbonyl (C=O) groups is 1. The topological polar surface area (TPSA) is 67.2 Å². The van der Waals surface area contributed by atoms with Gasteiger partial charge < -0.3 is 16.4 Å². The van der Waals surface area contributed by atoms with E-state index in [1.54, 1.807) is 11.8 Å². The van der Waals surface area contributed by atoms with E-state index >= 15 is 0 Å². The van der Waals surface area contributed by atoms with Crippen molar-refractivity contribution in [1.82, 2.24) is 5.32 Å². The first-order valence-electron chi connectivity index (χ1n) is 7.45. The minimum atomic E-state index is -0.0853. The Balaban J connectivity index is 2.91. The molecule has 1 rings (SSSR count). The fourth-order valence-electron chi connectivity index (χ4n) is 2.19. The van der Waals surface area contributed by atoms with E-state index in [0.717, 1.165) is 16.3 Å². The predicted octanol–water partition coefficient (Wildman–Crippen LogP) is 4.04. The van der Waals surface area contributed by atoms with E-state index in [1.807, 2.05) is 13.2 Å². The molecule has 2 unspecified atom stereocenters. The van der Waals surface area contributed by atoms with Crippen molar-refractivity contribution in [2.24, 2.45) is 5.92 Å². The van der Waals surface area contributed by atoms with Gasteiger partial charge in [-0.15, -0.1) is 23.1 Å². The molecule has 0 aliphatic rings. The van der Waals surface area contributed by atoms with Crippen LogP contribution < -0.4 is 16.4 Å². The van der Waals surface area contributed by atoms with Gasteiger partial charge in [0.1, 0.15) is 9.88 Å². The average Bonchev–Trinajstić information content (AvgIpc) is 2.74. The molecule has 4 nitrogen and oxygen atoms in total. The molecule has 4 N–H and O–H groups in total. The Kier molecular flexibility index (Phi) is 7.39. The van der Waals surface area contributed by atoms with Crippen molar-refractivity contribution >= 4 is 39.7 Å². The first-order valence-corrected chi connectivity index (χ1v) is 9.49. The number of thioether (sulfide) groups is 1. The Bertz CT molecular complexity index is 474. The van der Waals surface area contributed by atoms with Crippen LogP contribution in [0.5, 0.6) is 0 Å². The third-order valence-corrected chi connectivity index (χ3v) is 5.57. The smallest absolute Gasteiger partial charge is 0.263 e. The standard InChI is InChI=1S/C15H27N3OS2/c1-6-9(3)8-10(4)18-15-13(20-5)11(16)12(21-15)14(19)17-7-2/h9-10,18H,6-8,16H2,1-5H3,(H,17,19). The van der Waals surface area contributed by atoms with Crippen LogP contribution in [0.25, 0.3) is 0 Å². The number of hydrogen-bond acceptors (Lipinski definition) is 5. The molecule has 120 valence electrons. The van der Waals surface area contributed by atoms with Crippen molar-refractivity contribution in [3.63, 3.8) is 0 Å². The van der Waals surface area contributed by atoms with E-state index in [2.05, 4.69) is 31.4 Å². The lowest BCUT2D eigenvalue weighted by Crippen LogP contribution is -2.22. The number of carbonyl (C=O) groups excluding carboxylic acids is 1. The van der Waals surface area contributed by atoms with E-state index in [4.69, 9.17) is 5.73 Å². The van der Waals surface area contributed by atoms with Gasteiger partial charge in [-0.05, 0) is 32.4 Å². The number of hydrogen-bond donors (Lipinski definition) is 3. The van der Waals surface area contributed by atoms with Crippen LogP contribution in [0.4, 0.5) is 10.7 Å². The number of nitrogen functional groups attached to an aromatic ring is 1. The largest absolute Gasteiger partial charge is 0.396 e.